The van der Waals surface area contributed by atoms with Crippen molar-refractivity contribution in [2.24, 2.45) is 11.3 Å². The van der Waals surface area contributed by atoms with E-state index in [4.69, 9.17) is 4.74 Å². The molecule has 6 heteroatoms. The quantitative estimate of drug-likeness (QED) is 0.834. The summed E-state index contributed by atoms with van der Waals surface area (Å²) < 4.78 is 5.36. The standard InChI is InChI=1S/C19H25N3O3/c23-17(16-4-10-25-13-16)22-8-2-5-19(14-22)6-9-21(18(19)24)12-15-3-1-7-20-11-15/h1,3,7,11,16H,2,4-6,8-10,12-14H2/t16-,19-/m1/s1. The van der Waals surface area contributed by atoms with Gasteiger partial charge in [0.05, 0.1) is 17.9 Å². The average Bonchev–Trinajstić information content (AvgIpc) is 3.28. The minimum absolute atomic E-state index is 0.0156. The Kier molecular flexibility index (Phi) is 4.46. The molecule has 4 heterocycles. The highest BCUT2D eigenvalue weighted by Gasteiger charge is 2.50. The fraction of sp³-hybridized carbons (Fsp3) is 0.632. The summed E-state index contributed by atoms with van der Waals surface area (Å²) in [5.74, 6) is 0.366. The molecule has 3 aliphatic rings. The van der Waals surface area contributed by atoms with Crippen LogP contribution in [0.25, 0.3) is 0 Å². The van der Waals surface area contributed by atoms with Crippen LogP contribution in [-0.4, -0.2) is 59.4 Å². The van der Waals surface area contributed by atoms with Crippen LogP contribution >= 0.6 is 0 Å². The summed E-state index contributed by atoms with van der Waals surface area (Å²) >= 11 is 0. The van der Waals surface area contributed by atoms with Gasteiger partial charge in [0, 0.05) is 45.2 Å². The van der Waals surface area contributed by atoms with Crippen LogP contribution in [0, 0.1) is 11.3 Å². The van der Waals surface area contributed by atoms with Crippen LogP contribution in [0.2, 0.25) is 0 Å². The molecule has 0 aromatic carbocycles. The normalized spacial score (nSPS) is 29.6. The molecule has 0 saturated carbocycles. The van der Waals surface area contributed by atoms with Gasteiger partial charge in [0.2, 0.25) is 11.8 Å². The maximum absolute atomic E-state index is 13.1. The Morgan fingerprint density at radius 3 is 3.04 bits per heavy atom. The second kappa shape index (κ2) is 6.75. The third-order valence-electron chi connectivity index (χ3n) is 5.86. The second-order valence-electron chi connectivity index (χ2n) is 7.54. The monoisotopic (exact) mass is 343 g/mol. The van der Waals surface area contributed by atoms with E-state index in [1.807, 2.05) is 28.1 Å². The Morgan fingerprint density at radius 1 is 1.36 bits per heavy atom. The summed E-state index contributed by atoms with van der Waals surface area (Å²) in [5.41, 5.74) is 0.676. The van der Waals surface area contributed by atoms with E-state index in [0.717, 1.165) is 44.3 Å². The summed E-state index contributed by atoms with van der Waals surface area (Å²) in [6.45, 7) is 3.93. The molecule has 0 radical (unpaired) electrons. The molecular weight excluding hydrogens is 318 g/mol. The highest BCUT2D eigenvalue weighted by molar-refractivity contribution is 5.87. The van der Waals surface area contributed by atoms with Gasteiger partial charge in [0.25, 0.3) is 0 Å². The van der Waals surface area contributed by atoms with Gasteiger partial charge in [-0.2, -0.15) is 0 Å². The number of nitrogens with zero attached hydrogens (tertiary/aromatic N) is 3. The highest BCUT2D eigenvalue weighted by atomic mass is 16.5. The molecular formula is C19H25N3O3. The summed E-state index contributed by atoms with van der Waals surface area (Å²) in [7, 11) is 0. The van der Waals surface area contributed by atoms with E-state index in [1.165, 1.54) is 0 Å². The van der Waals surface area contributed by atoms with E-state index in [9.17, 15) is 9.59 Å². The van der Waals surface area contributed by atoms with Crippen molar-refractivity contribution in [3.8, 4) is 0 Å². The first-order valence-electron chi connectivity index (χ1n) is 9.23. The van der Waals surface area contributed by atoms with Crippen LogP contribution in [0.15, 0.2) is 24.5 Å². The van der Waals surface area contributed by atoms with Gasteiger partial charge in [-0.25, -0.2) is 0 Å². The Hall–Kier alpha value is -1.95. The molecule has 0 aliphatic carbocycles. The van der Waals surface area contributed by atoms with Crippen molar-refractivity contribution in [2.75, 3.05) is 32.8 Å². The number of amides is 2. The molecule has 3 saturated heterocycles. The third-order valence-corrected chi connectivity index (χ3v) is 5.86. The lowest BCUT2D eigenvalue weighted by Gasteiger charge is -2.40. The average molecular weight is 343 g/mol. The molecule has 134 valence electrons. The molecule has 4 rings (SSSR count). The number of aromatic nitrogens is 1. The SMILES string of the molecule is O=C([C@@H]1CCOC1)N1CCC[C@@]2(CCN(Cc3cccnc3)C2=O)C1. The first-order valence-corrected chi connectivity index (χ1v) is 9.23. The van der Waals surface area contributed by atoms with Gasteiger partial charge in [-0.05, 0) is 37.3 Å². The van der Waals surface area contributed by atoms with Crippen LogP contribution in [0.1, 0.15) is 31.2 Å². The van der Waals surface area contributed by atoms with Crippen molar-refractivity contribution < 1.29 is 14.3 Å². The van der Waals surface area contributed by atoms with Crippen molar-refractivity contribution in [1.82, 2.24) is 14.8 Å². The van der Waals surface area contributed by atoms with E-state index in [0.29, 0.717) is 26.3 Å². The summed E-state index contributed by atoms with van der Waals surface area (Å²) in [4.78, 5) is 33.8. The topological polar surface area (TPSA) is 62.7 Å². The Bertz CT molecular complexity index is 645. The first kappa shape index (κ1) is 16.5. The van der Waals surface area contributed by atoms with Gasteiger partial charge in [-0.15, -0.1) is 0 Å². The lowest BCUT2D eigenvalue weighted by molar-refractivity contribution is -0.145. The molecule has 1 aromatic heterocycles. The predicted octanol–water partition coefficient (Wildman–Crippen LogP) is 1.46. The fourth-order valence-corrected chi connectivity index (χ4v) is 4.44. The van der Waals surface area contributed by atoms with E-state index >= 15 is 0 Å². The molecule has 6 nitrogen and oxygen atoms in total. The van der Waals surface area contributed by atoms with Crippen molar-refractivity contribution in [2.45, 2.75) is 32.2 Å². The van der Waals surface area contributed by atoms with Crippen molar-refractivity contribution in [3.05, 3.63) is 30.1 Å². The van der Waals surface area contributed by atoms with Crippen molar-refractivity contribution in [3.63, 3.8) is 0 Å². The number of likely N-dealkylation sites (tertiary alicyclic amines) is 2. The van der Waals surface area contributed by atoms with Gasteiger partial charge in [0.15, 0.2) is 0 Å². The highest BCUT2D eigenvalue weighted by Crippen LogP contribution is 2.41. The fourth-order valence-electron chi connectivity index (χ4n) is 4.44. The molecule has 3 aliphatic heterocycles. The van der Waals surface area contributed by atoms with Crippen LogP contribution in [0.4, 0.5) is 0 Å². The predicted molar refractivity (Wildman–Crippen MR) is 91.4 cm³/mol. The van der Waals surface area contributed by atoms with Gasteiger partial charge in [0.1, 0.15) is 0 Å². The molecule has 2 atom stereocenters. The number of pyridine rings is 1. The molecule has 0 bridgehead atoms. The van der Waals surface area contributed by atoms with Gasteiger partial charge in [-0.3, -0.25) is 14.6 Å². The van der Waals surface area contributed by atoms with Crippen molar-refractivity contribution >= 4 is 11.8 Å². The van der Waals surface area contributed by atoms with E-state index in [2.05, 4.69) is 4.98 Å². The van der Waals surface area contributed by atoms with E-state index in [-0.39, 0.29) is 23.1 Å². The Labute approximate surface area is 148 Å². The van der Waals surface area contributed by atoms with Gasteiger partial charge in [-0.1, -0.05) is 6.07 Å². The molecule has 2 amide bonds. The molecule has 1 aromatic rings. The maximum atomic E-state index is 13.1. The lowest BCUT2D eigenvalue weighted by Crippen LogP contribution is -2.51. The van der Waals surface area contributed by atoms with Crippen LogP contribution in [0.5, 0.6) is 0 Å². The Balaban J connectivity index is 1.44. The van der Waals surface area contributed by atoms with Crippen LogP contribution < -0.4 is 0 Å². The number of hydrogen-bond acceptors (Lipinski definition) is 4. The molecule has 25 heavy (non-hydrogen) atoms. The number of carbonyl (C=O) groups excluding carboxylic acids is 2. The minimum atomic E-state index is -0.379. The summed E-state index contributed by atoms with van der Waals surface area (Å²) in [6, 6.07) is 3.90. The van der Waals surface area contributed by atoms with Crippen molar-refractivity contribution in [1.29, 1.82) is 0 Å². The Morgan fingerprint density at radius 2 is 2.28 bits per heavy atom. The zero-order valence-corrected chi connectivity index (χ0v) is 14.5. The number of hydrogen-bond donors (Lipinski definition) is 0. The van der Waals surface area contributed by atoms with Gasteiger partial charge >= 0.3 is 0 Å². The first-order chi connectivity index (χ1) is 12.2. The zero-order chi connectivity index (χ0) is 17.3. The molecule has 0 unspecified atom stereocenters. The largest absolute Gasteiger partial charge is 0.381 e. The number of rotatable bonds is 3. The molecule has 0 N–H and O–H groups in total. The van der Waals surface area contributed by atoms with Crippen LogP contribution in [-0.2, 0) is 20.9 Å². The summed E-state index contributed by atoms with van der Waals surface area (Å²) in [6.07, 6.45) is 7.01. The third kappa shape index (κ3) is 3.15. The number of carbonyl (C=O) groups is 2. The smallest absolute Gasteiger partial charge is 0.230 e. The van der Waals surface area contributed by atoms with E-state index < -0.39 is 0 Å². The second-order valence-corrected chi connectivity index (χ2v) is 7.54. The number of ether oxygens (including phenoxy) is 1. The van der Waals surface area contributed by atoms with Gasteiger partial charge < -0.3 is 14.5 Å². The van der Waals surface area contributed by atoms with Crippen LogP contribution in [0.3, 0.4) is 0 Å². The lowest BCUT2D eigenvalue weighted by atomic mass is 9.78. The zero-order valence-electron chi connectivity index (χ0n) is 14.5. The number of piperidine rings is 1. The van der Waals surface area contributed by atoms with E-state index in [1.54, 1.807) is 6.20 Å². The maximum Gasteiger partial charge on any atom is 0.230 e. The summed E-state index contributed by atoms with van der Waals surface area (Å²) in [5, 5.41) is 0. The molecule has 3 fully saturated rings. The minimum Gasteiger partial charge on any atom is -0.381 e. The molecule has 1 spiro atoms.